The van der Waals surface area contributed by atoms with E-state index in [4.69, 9.17) is 16.3 Å². The average molecular weight is 488 g/mol. The van der Waals surface area contributed by atoms with Crippen LogP contribution < -0.4 is 5.32 Å². The third-order valence-corrected chi connectivity index (χ3v) is 8.73. The van der Waals surface area contributed by atoms with E-state index in [0.717, 1.165) is 4.31 Å². The summed E-state index contributed by atoms with van der Waals surface area (Å²) in [5, 5.41) is 2.69. The Morgan fingerprint density at radius 1 is 1.00 bits per heavy atom. The maximum Gasteiger partial charge on any atom is 0.257 e. The van der Waals surface area contributed by atoms with Crippen LogP contribution in [0.2, 0.25) is 5.02 Å². The van der Waals surface area contributed by atoms with E-state index in [0.29, 0.717) is 18.9 Å². The Kier molecular flexibility index (Phi) is 7.04. The largest absolute Gasteiger partial charge is 0.379 e. The van der Waals surface area contributed by atoms with Crippen LogP contribution in [-0.4, -0.2) is 71.8 Å². The topological polar surface area (TPSA) is 113 Å². The molecular weight excluding hydrogens is 466 g/mol. The van der Waals surface area contributed by atoms with Crippen molar-refractivity contribution in [2.45, 2.75) is 9.79 Å². The Hall–Kier alpha value is -2.02. The summed E-state index contributed by atoms with van der Waals surface area (Å²) in [6.45, 7) is 1.07. The number of hydrogen-bond donors (Lipinski definition) is 1. The lowest BCUT2D eigenvalue weighted by atomic mass is 10.2. The Labute approximate surface area is 186 Å². The van der Waals surface area contributed by atoms with Crippen molar-refractivity contribution in [1.82, 2.24) is 8.61 Å². The average Bonchev–Trinajstić information content (AvgIpc) is 2.74. The third kappa shape index (κ3) is 5.08. The van der Waals surface area contributed by atoms with Gasteiger partial charge in [-0.1, -0.05) is 11.6 Å². The molecule has 0 unspecified atom stereocenters. The van der Waals surface area contributed by atoms with E-state index in [-0.39, 0.29) is 33.5 Å². The van der Waals surface area contributed by atoms with Crippen LogP contribution in [0.15, 0.2) is 52.3 Å². The molecule has 12 heteroatoms. The van der Waals surface area contributed by atoms with Gasteiger partial charge in [-0.3, -0.25) is 4.79 Å². The van der Waals surface area contributed by atoms with Crippen molar-refractivity contribution in [2.75, 3.05) is 45.7 Å². The first-order chi connectivity index (χ1) is 14.5. The number of halogens is 1. The first kappa shape index (κ1) is 23.6. The summed E-state index contributed by atoms with van der Waals surface area (Å²) in [6.07, 6.45) is 0. The number of sulfonamides is 2. The molecule has 2 aromatic carbocycles. The summed E-state index contributed by atoms with van der Waals surface area (Å²) in [6, 6.07) is 9.56. The molecule has 1 aliphatic heterocycles. The van der Waals surface area contributed by atoms with Crippen LogP contribution in [0.1, 0.15) is 10.4 Å². The second-order valence-corrected chi connectivity index (χ2v) is 11.4. The quantitative estimate of drug-likeness (QED) is 0.665. The van der Waals surface area contributed by atoms with Gasteiger partial charge in [-0.15, -0.1) is 0 Å². The molecule has 1 heterocycles. The van der Waals surface area contributed by atoms with E-state index in [1.54, 1.807) is 0 Å². The second-order valence-electron chi connectivity index (χ2n) is 6.92. The van der Waals surface area contributed by atoms with E-state index in [1.165, 1.54) is 60.9 Å². The lowest BCUT2D eigenvalue weighted by Crippen LogP contribution is -2.40. The maximum atomic E-state index is 12.9. The normalized spacial score (nSPS) is 15.7. The molecule has 1 aliphatic rings. The minimum absolute atomic E-state index is 0.0130. The second kappa shape index (κ2) is 9.23. The SMILES string of the molecule is CN(C)S(=O)(=O)c1ccc(NC(=O)c2cc(S(=O)(=O)N3CCOCC3)ccc2Cl)cc1. The molecule has 31 heavy (non-hydrogen) atoms. The highest BCUT2D eigenvalue weighted by Crippen LogP contribution is 2.25. The number of benzene rings is 2. The molecule has 0 bridgehead atoms. The zero-order chi connectivity index (χ0) is 22.8. The number of amides is 1. The first-order valence-electron chi connectivity index (χ1n) is 9.25. The number of hydrogen-bond acceptors (Lipinski definition) is 6. The fourth-order valence-electron chi connectivity index (χ4n) is 2.89. The summed E-state index contributed by atoms with van der Waals surface area (Å²) < 4.78 is 57.6. The number of nitrogens with zero attached hydrogens (tertiary/aromatic N) is 2. The minimum atomic E-state index is -3.79. The predicted octanol–water partition coefficient (Wildman–Crippen LogP) is 1.86. The first-order valence-corrected chi connectivity index (χ1v) is 12.5. The van der Waals surface area contributed by atoms with E-state index < -0.39 is 26.0 Å². The van der Waals surface area contributed by atoms with Crippen molar-refractivity contribution in [1.29, 1.82) is 0 Å². The molecular formula is C19H22ClN3O6S2. The molecule has 0 saturated carbocycles. The van der Waals surface area contributed by atoms with Gasteiger partial charge < -0.3 is 10.1 Å². The van der Waals surface area contributed by atoms with Gasteiger partial charge in [-0.2, -0.15) is 4.31 Å². The molecule has 0 atom stereocenters. The van der Waals surface area contributed by atoms with Gasteiger partial charge in [0.25, 0.3) is 5.91 Å². The van der Waals surface area contributed by atoms with Crippen LogP contribution in [0.4, 0.5) is 5.69 Å². The molecule has 9 nitrogen and oxygen atoms in total. The summed E-state index contributed by atoms with van der Waals surface area (Å²) in [5.41, 5.74) is 0.321. The maximum absolute atomic E-state index is 12.9. The van der Waals surface area contributed by atoms with Crippen molar-refractivity contribution in [2.24, 2.45) is 0 Å². The smallest absolute Gasteiger partial charge is 0.257 e. The molecule has 1 N–H and O–H groups in total. The van der Waals surface area contributed by atoms with Gasteiger partial charge in [0.1, 0.15) is 0 Å². The van der Waals surface area contributed by atoms with Gasteiger partial charge in [-0.05, 0) is 42.5 Å². The number of carbonyl (C=O) groups is 1. The Morgan fingerprint density at radius 3 is 2.16 bits per heavy atom. The molecule has 0 aromatic heterocycles. The van der Waals surface area contributed by atoms with Gasteiger partial charge in [0, 0.05) is 32.9 Å². The Morgan fingerprint density at radius 2 is 1.58 bits per heavy atom. The third-order valence-electron chi connectivity index (χ3n) is 4.68. The van der Waals surface area contributed by atoms with Gasteiger partial charge in [-0.25, -0.2) is 21.1 Å². The van der Waals surface area contributed by atoms with Gasteiger partial charge >= 0.3 is 0 Å². The summed E-state index contributed by atoms with van der Waals surface area (Å²) in [7, 11) is -4.55. The van der Waals surface area contributed by atoms with Crippen LogP contribution in [-0.2, 0) is 24.8 Å². The standard InChI is InChI=1S/C19H22ClN3O6S2/c1-22(2)30(25,26)15-5-3-14(4-6-15)21-19(24)17-13-16(7-8-18(17)20)31(27,28)23-9-11-29-12-10-23/h3-8,13H,9-12H2,1-2H3,(H,21,24). The van der Waals surface area contributed by atoms with Crippen LogP contribution >= 0.6 is 11.6 Å². The molecule has 0 radical (unpaired) electrons. The molecule has 1 saturated heterocycles. The number of rotatable bonds is 6. The monoisotopic (exact) mass is 487 g/mol. The summed E-state index contributed by atoms with van der Waals surface area (Å²) >= 11 is 6.14. The number of nitrogens with one attached hydrogen (secondary N) is 1. The van der Waals surface area contributed by atoms with E-state index in [2.05, 4.69) is 5.32 Å². The van der Waals surface area contributed by atoms with E-state index in [9.17, 15) is 21.6 Å². The van der Waals surface area contributed by atoms with Gasteiger partial charge in [0.05, 0.1) is 33.6 Å². The number of carbonyl (C=O) groups excluding carboxylic acids is 1. The van der Waals surface area contributed by atoms with Crippen molar-refractivity contribution < 1.29 is 26.4 Å². The van der Waals surface area contributed by atoms with Crippen LogP contribution in [0, 0.1) is 0 Å². The highest BCUT2D eigenvalue weighted by molar-refractivity contribution is 7.89. The Balaban J connectivity index is 1.83. The molecule has 1 fully saturated rings. The lowest BCUT2D eigenvalue weighted by Gasteiger charge is -2.26. The molecule has 0 aliphatic carbocycles. The number of morpholine rings is 1. The van der Waals surface area contributed by atoms with Crippen molar-refractivity contribution in [3.8, 4) is 0 Å². The van der Waals surface area contributed by atoms with Gasteiger partial charge in [0.2, 0.25) is 20.0 Å². The lowest BCUT2D eigenvalue weighted by molar-refractivity contribution is 0.0730. The summed E-state index contributed by atoms with van der Waals surface area (Å²) in [5.74, 6) is -0.618. The predicted molar refractivity (Wildman–Crippen MR) is 116 cm³/mol. The highest BCUT2D eigenvalue weighted by Gasteiger charge is 2.27. The summed E-state index contributed by atoms with van der Waals surface area (Å²) in [4.78, 5) is 12.8. The fourth-order valence-corrected chi connectivity index (χ4v) is 5.43. The van der Waals surface area contributed by atoms with Crippen molar-refractivity contribution >= 4 is 43.2 Å². The van der Waals surface area contributed by atoms with E-state index in [1.807, 2.05) is 0 Å². The molecule has 168 valence electrons. The minimum Gasteiger partial charge on any atom is -0.379 e. The molecule has 3 rings (SSSR count). The molecule has 1 amide bonds. The van der Waals surface area contributed by atoms with Crippen LogP contribution in [0.25, 0.3) is 0 Å². The van der Waals surface area contributed by atoms with Crippen molar-refractivity contribution in [3.63, 3.8) is 0 Å². The zero-order valence-electron chi connectivity index (χ0n) is 16.9. The number of ether oxygens (including phenoxy) is 1. The molecule has 0 spiro atoms. The zero-order valence-corrected chi connectivity index (χ0v) is 19.3. The Bertz CT molecular complexity index is 1180. The number of anilines is 1. The molecule has 2 aromatic rings. The van der Waals surface area contributed by atoms with Crippen LogP contribution in [0.5, 0.6) is 0 Å². The highest BCUT2D eigenvalue weighted by atomic mass is 35.5. The van der Waals surface area contributed by atoms with Crippen molar-refractivity contribution in [3.05, 3.63) is 53.1 Å². The van der Waals surface area contributed by atoms with Gasteiger partial charge in [0.15, 0.2) is 0 Å². The fraction of sp³-hybridized carbons (Fsp3) is 0.316. The van der Waals surface area contributed by atoms with Crippen LogP contribution in [0.3, 0.4) is 0 Å². The van der Waals surface area contributed by atoms with E-state index >= 15 is 0 Å².